The van der Waals surface area contributed by atoms with Gasteiger partial charge in [-0.15, -0.1) is 0 Å². The molecule has 1 aromatic carbocycles. The summed E-state index contributed by atoms with van der Waals surface area (Å²) in [6.45, 7) is 1.10. The molecule has 0 radical (unpaired) electrons. The van der Waals surface area contributed by atoms with Crippen LogP contribution in [0, 0.1) is 0 Å². The second-order valence-corrected chi connectivity index (χ2v) is 7.26. The lowest BCUT2D eigenvalue weighted by molar-refractivity contribution is 0.158. The number of rotatable bonds is 5. The molecule has 3 aromatic rings. The molecule has 1 N–H and O–H groups in total. The van der Waals surface area contributed by atoms with Crippen LogP contribution < -0.4 is 10.1 Å². The zero-order chi connectivity index (χ0) is 20.8. The molecule has 0 spiro atoms. The standard InChI is InChI=1S/C22H25N5O3/c1-29-18-8-6-16(7-9-18)15-24-22(28)27-14-4-2-3-5-19(27)21-25-20(26-30-21)17-10-12-23-13-11-17/h6-13,19H,2-5,14-15H2,1H3,(H,24,28). The molecule has 1 fully saturated rings. The van der Waals surface area contributed by atoms with Crippen molar-refractivity contribution in [2.45, 2.75) is 38.3 Å². The van der Waals surface area contributed by atoms with Gasteiger partial charge in [-0.2, -0.15) is 4.98 Å². The van der Waals surface area contributed by atoms with Gasteiger partial charge in [0.05, 0.1) is 7.11 Å². The molecule has 8 nitrogen and oxygen atoms in total. The molecule has 156 valence electrons. The molecule has 1 unspecified atom stereocenters. The van der Waals surface area contributed by atoms with Gasteiger partial charge in [-0.05, 0) is 42.7 Å². The number of pyridine rings is 1. The van der Waals surface area contributed by atoms with Crippen LogP contribution in [-0.4, -0.2) is 39.7 Å². The van der Waals surface area contributed by atoms with Gasteiger partial charge in [0.1, 0.15) is 11.8 Å². The average molecular weight is 407 g/mol. The van der Waals surface area contributed by atoms with Crippen molar-refractivity contribution in [1.82, 2.24) is 25.3 Å². The molecule has 0 bridgehead atoms. The summed E-state index contributed by atoms with van der Waals surface area (Å²) in [6, 6.07) is 11.0. The first kappa shape index (κ1) is 19.9. The first-order valence-corrected chi connectivity index (χ1v) is 10.2. The molecule has 1 atom stereocenters. The van der Waals surface area contributed by atoms with E-state index >= 15 is 0 Å². The number of methoxy groups -OCH3 is 1. The number of carbonyl (C=O) groups is 1. The third-order valence-corrected chi connectivity index (χ3v) is 5.28. The monoisotopic (exact) mass is 407 g/mol. The highest BCUT2D eigenvalue weighted by atomic mass is 16.5. The molecule has 3 heterocycles. The minimum absolute atomic E-state index is 0.124. The maximum Gasteiger partial charge on any atom is 0.318 e. The Bertz CT molecular complexity index is 958. The molecule has 1 saturated heterocycles. The van der Waals surface area contributed by atoms with Gasteiger partial charge in [0.25, 0.3) is 0 Å². The fourth-order valence-corrected chi connectivity index (χ4v) is 3.62. The quantitative estimate of drug-likeness (QED) is 0.688. The van der Waals surface area contributed by atoms with Crippen LogP contribution >= 0.6 is 0 Å². The third kappa shape index (κ3) is 4.59. The average Bonchev–Trinajstić information content (AvgIpc) is 3.16. The van der Waals surface area contributed by atoms with Gasteiger partial charge in [0.2, 0.25) is 11.7 Å². The Labute approximate surface area is 175 Å². The number of hydrogen-bond acceptors (Lipinski definition) is 6. The zero-order valence-electron chi connectivity index (χ0n) is 17.0. The van der Waals surface area contributed by atoms with E-state index in [9.17, 15) is 4.79 Å². The SMILES string of the molecule is COc1ccc(CNC(=O)N2CCCCCC2c2nc(-c3ccncc3)no2)cc1. The number of ether oxygens (including phenoxy) is 1. The largest absolute Gasteiger partial charge is 0.497 e. The fraction of sp³-hybridized carbons (Fsp3) is 0.364. The molecular weight excluding hydrogens is 382 g/mol. The van der Waals surface area contributed by atoms with Gasteiger partial charge in [-0.1, -0.05) is 30.1 Å². The van der Waals surface area contributed by atoms with Crippen LogP contribution in [0.5, 0.6) is 5.75 Å². The summed E-state index contributed by atoms with van der Waals surface area (Å²) in [4.78, 5) is 23.4. The van der Waals surface area contributed by atoms with Crippen LogP contribution in [0.4, 0.5) is 4.79 Å². The van der Waals surface area contributed by atoms with Gasteiger partial charge < -0.3 is 19.5 Å². The Kier molecular flexibility index (Phi) is 6.22. The first-order valence-electron chi connectivity index (χ1n) is 10.2. The van der Waals surface area contributed by atoms with E-state index in [1.54, 1.807) is 19.5 Å². The Hall–Kier alpha value is -3.42. The Morgan fingerprint density at radius 3 is 2.73 bits per heavy atom. The third-order valence-electron chi connectivity index (χ3n) is 5.28. The van der Waals surface area contributed by atoms with Crippen molar-refractivity contribution in [2.24, 2.45) is 0 Å². The lowest BCUT2D eigenvalue weighted by Crippen LogP contribution is -2.42. The van der Waals surface area contributed by atoms with Crippen LogP contribution in [-0.2, 0) is 6.54 Å². The van der Waals surface area contributed by atoms with Crippen LogP contribution in [0.1, 0.15) is 43.2 Å². The highest BCUT2D eigenvalue weighted by Gasteiger charge is 2.31. The summed E-state index contributed by atoms with van der Waals surface area (Å²) in [6.07, 6.45) is 7.22. The Morgan fingerprint density at radius 1 is 1.17 bits per heavy atom. The van der Waals surface area contributed by atoms with Gasteiger partial charge in [-0.25, -0.2) is 4.79 Å². The molecule has 8 heteroatoms. The second-order valence-electron chi connectivity index (χ2n) is 7.26. The van der Waals surface area contributed by atoms with E-state index in [1.807, 2.05) is 41.3 Å². The first-order chi connectivity index (χ1) is 14.7. The summed E-state index contributed by atoms with van der Waals surface area (Å²) >= 11 is 0. The van der Waals surface area contributed by atoms with Gasteiger partial charge in [0, 0.05) is 31.0 Å². The molecule has 0 saturated carbocycles. The molecule has 4 rings (SSSR count). The lowest BCUT2D eigenvalue weighted by Gasteiger charge is -2.27. The fourth-order valence-electron chi connectivity index (χ4n) is 3.62. The second kappa shape index (κ2) is 9.39. The number of nitrogens with zero attached hydrogens (tertiary/aromatic N) is 4. The predicted octanol–water partition coefficient (Wildman–Crippen LogP) is 3.97. The highest BCUT2D eigenvalue weighted by Crippen LogP contribution is 2.30. The molecule has 1 aliphatic heterocycles. The summed E-state index contributed by atoms with van der Waals surface area (Å²) in [5.74, 6) is 1.78. The topological polar surface area (TPSA) is 93.4 Å². The summed E-state index contributed by atoms with van der Waals surface area (Å²) < 4.78 is 10.7. The minimum Gasteiger partial charge on any atom is -0.497 e. The van der Waals surface area contributed by atoms with E-state index in [0.717, 1.165) is 42.6 Å². The van der Waals surface area contributed by atoms with Crippen molar-refractivity contribution in [2.75, 3.05) is 13.7 Å². The molecule has 30 heavy (non-hydrogen) atoms. The van der Waals surface area contributed by atoms with Crippen LogP contribution in [0.2, 0.25) is 0 Å². The Balaban J connectivity index is 1.47. The highest BCUT2D eigenvalue weighted by molar-refractivity contribution is 5.74. The van der Waals surface area contributed by atoms with E-state index in [0.29, 0.717) is 24.8 Å². The van der Waals surface area contributed by atoms with Gasteiger partial charge in [0.15, 0.2) is 0 Å². The van der Waals surface area contributed by atoms with Gasteiger partial charge >= 0.3 is 6.03 Å². The summed E-state index contributed by atoms with van der Waals surface area (Å²) in [5, 5.41) is 7.13. The number of benzene rings is 1. The number of carbonyl (C=O) groups excluding carboxylic acids is 1. The predicted molar refractivity (Wildman–Crippen MR) is 111 cm³/mol. The zero-order valence-corrected chi connectivity index (χ0v) is 17.0. The number of aromatic nitrogens is 3. The number of urea groups is 1. The van der Waals surface area contributed by atoms with Crippen LogP contribution in [0.25, 0.3) is 11.4 Å². The van der Waals surface area contributed by atoms with E-state index < -0.39 is 0 Å². The number of nitrogens with one attached hydrogen (secondary N) is 1. The van der Waals surface area contributed by atoms with E-state index in [2.05, 4.69) is 20.4 Å². The number of amides is 2. The van der Waals surface area contributed by atoms with Crippen molar-refractivity contribution in [3.63, 3.8) is 0 Å². The van der Waals surface area contributed by atoms with Crippen molar-refractivity contribution >= 4 is 6.03 Å². The molecular formula is C22H25N5O3. The number of likely N-dealkylation sites (tertiary alicyclic amines) is 1. The maximum absolute atomic E-state index is 13.0. The molecule has 2 amide bonds. The van der Waals surface area contributed by atoms with Crippen molar-refractivity contribution in [3.8, 4) is 17.1 Å². The van der Waals surface area contributed by atoms with Gasteiger partial charge in [-0.3, -0.25) is 4.98 Å². The van der Waals surface area contributed by atoms with E-state index in [1.165, 1.54) is 0 Å². The number of hydrogen-bond donors (Lipinski definition) is 1. The maximum atomic E-state index is 13.0. The molecule has 0 aliphatic carbocycles. The van der Waals surface area contributed by atoms with E-state index in [4.69, 9.17) is 9.26 Å². The lowest BCUT2D eigenvalue weighted by atomic mass is 10.1. The normalized spacial score (nSPS) is 16.7. The molecule has 2 aromatic heterocycles. The summed E-state index contributed by atoms with van der Waals surface area (Å²) in [7, 11) is 1.63. The summed E-state index contributed by atoms with van der Waals surface area (Å²) in [5.41, 5.74) is 1.84. The van der Waals surface area contributed by atoms with E-state index in [-0.39, 0.29) is 12.1 Å². The van der Waals surface area contributed by atoms with Crippen molar-refractivity contribution in [3.05, 3.63) is 60.2 Å². The Morgan fingerprint density at radius 2 is 1.97 bits per heavy atom. The minimum atomic E-state index is -0.230. The molecule has 1 aliphatic rings. The smallest absolute Gasteiger partial charge is 0.318 e. The van der Waals surface area contributed by atoms with Crippen LogP contribution in [0.15, 0.2) is 53.3 Å². The van der Waals surface area contributed by atoms with Crippen LogP contribution in [0.3, 0.4) is 0 Å². The van der Waals surface area contributed by atoms with Crippen molar-refractivity contribution < 1.29 is 14.1 Å². The van der Waals surface area contributed by atoms with Crippen molar-refractivity contribution in [1.29, 1.82) is 0 Å².